The molecule has 2 saturated carbocycles. The topological polar surface area (TPSA) is 21.1 Å². The summed E-state index contributed by atoms with van der Waals surface area (Å²) in [4.78, 5) is 6.67. The standard InChI is InChI=1S/C12H22.C10H11N.C9H12N2.C9H12/c1-3-7-11(8-4-1)12-9-5-2-6-10-12;1-8-3-4-9-5-6-11(2)10(9)7-8;1-7-3-4-8-5-6-11(2)9(8)10-7;1-3-9-6-4-5-8(2)7-9/h11-12H,1-10H2;3-7H,1-2H3;3-4H,5-6H2,1-2H3;4-7H,3H2,1-2H3. The Hall–Kier alpha value is -3.07. The lowest BCUT2D eigenvalue weighted by atomic mass is 9.73. The number of anilines is 1. The fourth-order valence-electron chi connectivity index (χ4n) is 7.01. The molecule has 3 nitrogen and oxygen atoms in total. The minimum absolute atomic E-state index is 1.11. The summed E-state index contributed by atoms with van der Waals surface area (Å²) in [5, 5.41) is 1.32. The first-order valence-corrected chi connectivity index (χ1v) is 17.1. The first-order chi connectivity index (χ1) is 20.8. The van der Waals surface area contributed by atoms with Crippen molar-refractivity contribution in [3.8, 4) is 0 Å². The van der Waals surface area contributed by atoms with Crippen molar-refractivity contribution < 1.29 is 0 Å². The molecular formula is C40H57N3. The van der Waals surface area contributed by atoms with Gasteiger partial charge in [0.15, 0.2) is 0 Å². The first kappa shape index (κ1) is 32.8. The molecule has 0 N–H and O–H groups in total. The highest BCUT2D eigenvalue weighted by atomic mass is 15.2. The number of hydrogen-bond acceptors (Lipinski definition) is 2. The van der Waals surface area contributed by atoms with Crippen LogP contribution in [0, 0.1) is 32.6 Å². The van der Waals surface area contributed by atoms with E-state index in [9.17, 15) is 0 Å². The summed E-state index contributed by atoms with van der Waals surface area (Å²) < 4.78 is 2.14. The number of benzene rings is 2. The largest absolute Gasteiger partial charge is 0.359 e. The zero-order chi connectivity index (χ0) is 30.6. The van der Waals surface area contributed by atoms with Gasteiger partial charge < -0.3 is 9.47 Å². The van der Waals surface area contributed by atoms with E-state index >= 15 is 0 Å². The highest BCUT2D eigenvalue weighted by Crippen LogP contribution is 2.38. The van der Waals surface area contributed by atoms with E-state index in [4.69, 9.17) is 0 Å². The third-order valence-electron chi connectivity index (χ3n) is 9.67. The van der Waals surface area contributed by atoms with Crippen LogP contribution < -0.4 is 4.90 Å². The number of aromatic nitrogens is 2. The van der Waals surface area contributed by atoms with Crippen LogP contribution in [0.3, 0.4) is 0 Å². The molecule has 2 aromatic heterocycles. The molecule has 0 atom stereocenters. The smallest absolute Gasteiger partial charge is 0.131 e. The predicted octanol–water partition coefficient (Wildman–Crippen LogP) is 10.6. The summed E-state index contributed by atoms with van der Waals surface area (Å²) >= 11 is 0. The van der Waals surface area contributed by atoms with Gasteiger partial charge in [0.1, 0.15) is 5.82 Å². The molecule has 0 spiro atoms. The van der Waals surface area contributed by atoms with E-state index < -0.39 is 0 Å². The number of nitrogens with zero attached hydrogens (tertiary/aromatic N) is 3. The third kappa shape index (κ3) is 9.98. The van der Waals surface area contributed by atoms with Gasteiger partial charge in [0.2, 0.25) is 0 Å². The maximum absolute atomic E-state index is 4.46. The molecule has 2 fully saturated rings. The van der Waals surface area contributed by atoms with Crippen molar-refractivity contribution in [1.82, 2.24) is 9.55 Å². The lowest BCUT2D eigenvalue weighted by Crippen LogP contribution is -2.20. The molecule has 3 heteroatoms. The van der Waals surface area contributed by atoms with E-state index in [-0.39, 0.29) is 0 Å². The van der Waals surface area contributed by atoms with Crippen molar-refractivity contribution in [2.75, 3.05) is 18.5 Å². The van der Waals surface area contributed by atoms with Crippen molar-refractivity contribution in [3.63, 3.8) is 0 Å². The van der Waals surface area contributed by atoms with E-state index in [1.54, 1.807) is 25.7 Å². The average molecular weight is 580 g/mol. The Balaban J connectivity index is 0.000000132. The number of likely N-dealkylation sites (N-methyl/N-ethyl adjacent to an activating group) is 1. The second kappa shape index (κ2) is 16.7. The van der Waals surface area contributed by atoms with Gasteiger partial charge in [0.05, 0.1) is 0 Å². The van der Waals surface area contributed by atoms with Crippen LogP contribution >= 0.6 is 0 Å². The number of fused-ring (bicyclic) bond motifs is 2. The molecule has 2 aromatic carbocycles. The molecule has 7 rings (SSSR count). The number of rotatable bonds is 2. The van der Waals surface area contributed by atoms with Crippen LogP contribution in [0.5, 0.6) is 0 Å². The van der Waals surface area contributed by atoms with Crippen molar-refractivity contribution in [2.24, 2.45) is 18.9 Å². The van der Waals surface area contributed by atoms with E-state index in [0.717, 1.165) is 36.9 Å². The zero-order valence-corrected chi connectivity index (χ0v) is 28.0. The van der Waals surface area contributed by atoms with Crippen LogP contribution in [0.25, 0.3) is 10.9 Å². The molecule has 0 bridgehead atoms. The predicted molar refractivity (Wildman–Crippen MR) is 187 cm³/mol. The fraction of sp³-hybridized carbons (Fsp3) is 0.525. The fourth-order valence-corrected chi connectivity index (χ4v) is 7.01. The van der Waals surface area contributed by atoms with Gasteiger partial charge in [-0.25, -0.2) is 4.98 Å². The molecule has 2 aliphatic carbocycles. The van der Waals surface area contributed by atoms with Crippen LogP contribution in [-0.2, 0) is 19.9 Å². The lowest BCUT2D eigenvalue weighted by molar-refractivity contribution is 0.196. The van der Waals surface area contributed by atoms with Gasteiger partial charge in [-0.15, -0.1) is 0 Å². The molecule has 232 valence electrons. The number of aryl methyl sites for hydroxylation is 5. The van der Waals surface area contributed by atoms with Crippen LogP contribution in [0.2, 0.25) is 0 Å². The second-order valence-corrected chi connectivity index (χ2v) is 13.2. The van der Waals surface area contributed by atoms with Crippen molar-refractivity contribution in [3.05, 3.63) is 94.8 Å². The summed E-state index contributed by atoms with van der Waals surface area (Å²) in [5.74, 6) is 3.45. The van der Waals surface area contributed by atoms with Crippen LogP contribution in [0.15, 0.2) is 66.9 Å². The molecular weight excluding hydrogens is 522 g/mol. The van der Waals surface area contributed by atoms with Gasteiger partial charge in [-0.1, -0.05) is 119 Å². The first-order valence-electron chi connectivity index (χ1n) is 17.1. The van der Waals surface area contributed by atoms with Gasteiger partial charge >= 0.3 is 0 Å². The average Bonchev–Trinajstić information content (AvgIpc) is 3.60. The van der Waals surface area contributed by atoms with Gasteiger partial charge in [0, 0.05) is 38.0 Å². The van der Waals surface area contributed by atoms with E-state index in [2.05, 4.69) is 116 Å². The minimum atomic E-state index is 1.11. The van der Waals surface area contributed by atoms with Crippen LogP contribution in [0.1, 0.15) is 99.1 Å². The summed E-state index contributed by atoms with van der Waals surface area (Å²) in [6.45, 7) is 9.57. The molecule has 0 radical (unpaired) electrons. The quantitative estimate of drug-likeness (QED) is 0.235. The Bertz CT molecular complexity index is 1370. The monoisotopic (exact) mass is 579 g/mol. The van der Waals surface area contributed by atoms with E-state index in [0.29, 0.717) is 0 Å². The summed E-state index contributed by atoms with van der Waals surface area (Å²) in [7, 11) is 4.17. The summed E-state index contributed by atoms with van der Waals surface area (Å²) in [6.07, 6.45) is 19.8. The third-order valence-corrected chi connectivity index (χ3v) is 9.67. The molecule has 1 aliphatic heterocycles. The Morgan fingerprint density at radius 2 is 1.37 bits per heavy atom. The van der Waals surface area contributed by atoms with Crippen molar-refractivity contribution >= 4 is 16.7 Å². The highest BCUT2D eigenvalue weighted by molar-refractivity contribution is 5.80. The number of hydrogen-bond donors (Lipinski definition) is 0. The molecule has 3 heterocycles. The molecule has 43 heavy (non-hydrogen) atoms. The molecule has 0 saturated heterocycles. The molecule has 0 unspecified atom stereocenters. The number of pyridine rings is 1. The lowest BCUT2D eigenvalue weighted by Gasteiger charge is -2.32. The van der Waals surface area contributed by atoms with Gasteiger partial charge in [-0.05, 0) is 85.7 Å². The normalized spacial score (nSPS) is 16.7. The highest BCUT2D eigenvalue weighted by Gasteiger charge is 2.24. The van der Waals surface area contributed by atoms with E-state index in [1.807, 2.05) is 6.92 Å². The second-order valence-electron chi connectivity index (χ2n) is 13.2. The zero-order valence-electron chi connectivity index (χ0n) is 28.0. The maximum atomic E-state index is 4.46. The molecule has 3 aliphatic rings. The van der Waals surface area contributed by atoms with Gasteiger partial charge in [-0.3, -0.25) is 0 Å². The minimum Gasteiger partial charge on any atom is -0.359 e. The van der Waals surface area contributed by atoms with Gasteiger partial charge in [-0.2, -0.15) is 0 Å². The summed E-state index contributed by atoms with van der Waals surface area (Å²) in [5.41, 5.74) is 7.91. The van der Waals surface area contributed by atoms with Crippen LogP contribution in [-0.4, -0.2) is 23.1 Å². The SMILES string of the molecule is C1CCC(C2CCCCC2)CC1.CCc1cccc(C)c1.Cc1ccc2c(n1)N(C)CC2.Cc1ccc2ccn(C)c2c1. The molecule has 0 amide bonds. The van der Waals surface area contributed by atoms with Crippen molar-refractivity contribution in [1.29, 1.82) is 0 Å². The van der Waals surface area contributed by atoms with E-state index in [1.165, 1.54) is 77.5 Å². The van der Waals surface area contributed by atoms with Gasteiger partial charge in [0.25, 0.3) is 0 Å². The Labute approximate surface area is 262 Å². The molecule has 4 aromatic rings. The van der Waals surface area contributed by atoms with Crippen LogP contribution in [0.4, 0.5) is 5.82 Å². The Morgan fingerprint density at radius 3 is 1.98 bits per heavy atom. The maximum Gasteiger partial charge on any atom is 0.131 e. The summed E-state index contributed by atoms with van der Waals surface area (Å²) in [6, 6.07) is 21.5. The van der Waals surface area contributed by atoms with Crippen molar-refractivity contribution in [2.45, 2.75) is 105 Å². The Kier molecular flexibility index (Phi) is 12.7. The Morgan fingerprint density at radius 1 is 0.721 bits per heavy atom.